The summed E-state index contributed by atoms with van der Waals surface area (Å²) in [5.74, 6) is 0. The van der Waals surface area contributed by atoms with Gasteiger partial charge in [0.05, 0.1) is 12.7 Å². The fourth-order valence-electron chi connectivity index (χ4n) is 1.57. The van der Waals surface area contributed by atoms with Gasteiger partial charge in [-0.2, -0.15) is 5.10 Å². The van der Waals surface area contributed by atoms with Gasteiger partial charge in [-0.15, -0.1) is 0 Å². The molecule has 4 nitrogen and oxygen atoms in total. The van der Waals surface area contributed by atoms with E-state index in [-0.39, 0.29) is 0 Å². The normalized spacial score (nSPS) is 10.4. The number of hydrogen-bond donors (Lipinski definition) is 1. The third-order valence-electron chi connectivity index (χ3n) is 2.44. The second kappa shape index (κ2) is 4.79. The molecule has 0 aliphatic rings. The van der Waals surface area contributed by atoms with Crippen LogP contribution in [-0.2, 0) is 6.54 Å². The number of pyridine rings is 1. The van der Waals surface area contributed by atoms with E-state index in [9.17, 15) is 0 Å². The summed E-state index contributed by atoms with van der Waals surface area (Å²) in [5, 5.41) is 7.60. The largest absolute Gasteiger partial charge is 0.383 e. The lowest BCUT2D eigenvalue weighted by Gasteiger charge is -2.08. The standard InChI is InChI=1S/C12H16N4/c1-10-7-15-16(9-10)6-5-14-12-3-4-13-8-11(12)2/h3-4,7-9H,5-6H2,1-2H3,(H,13,14). The molecule has 0 unspecified atom stereocenters. The molecule has 2 aromatic heterocycles. The molecule has 0 aliphatic heterocycles. The SMILES string of the molecule is Cc1cnn(CCNc2ccncc2C)c1. The number of hydrogen-bond acceptors (Lipinski definition) is 3. The molecule has 4 heteroatoms. The van der Waals surface area contributed by atoms with Crippen LogP contribution in [-0.4, -0.2) is 21.3 Å². The minimum absolute atomic E-state index is 0.867. The Morgan fingerprint density at radius 2 is 2.19 bits per heavy atom. The van der Waals surface area contributed by atoms with Crippen LogP contribution in [0.2, 0.25) is 0 Å². The quantitative estimate of drug-likeness (QED) is 0.850. The maximum Gasteiger partial charge on any atom is 0.0582 e. The van der Waals surface area contributed by atoms with Gasteiger partial charge in [0.25, 0.3) is 0 Å². The first kappa shape index (κ1) is 10.7. The number of aromatic nitrogens is 3. The predicted molar refractivity (Wildman–Crippen MR) is 64.4 cm³/mol. The Morgan fingerprint density at radius 3 is 2.88 bits per heavy atom. The highest BCUT2D eigenvalue weighted by Gasteiger charge is 1.97. The Balaban J connectivity index is 1.87. The molecule has 2 rings (SSSR count). The lowest BCUT2D eigenvalue weighted by Crippen LogP contribution is -2.11. The van der Waals surface area contributed by atoms with Crippen molar-refractivity contribution in [2.75, 3.05) is 11.9 Å². The van der Waals surface area contributed by atoms with Gasteiger partial charge in [0.1, 0.15) is 0 Å². The molecule has 2 heterocycles. The monoisotopic (exact) mass is 216 g/mol. The highest BCUT2D eigenvalue weighted by Crippen LogP contribution is 2.10. The van der Waals surface area contributed by atoms with Crippen molar-refractivity contribution < 1.29 is 0 Å². The molecule has 16 heavy (non-hydrogen) atoms. The fourth-order valence-corrected chi connectivity index (χ4v) is 1.57. The second-order valence-corrected chi connectivity index (χ2v) is 3.90. The van der Waals surface area contributed by atoms with Crippen molar-refractivity contribution in [2.45, 2.75) is 20.4 Å². The smallest absolute Gasteiger partial charge is 0.0582 e. The van der Waals surface area contributed by atoms with Crippen molar-refractivity contribution in [3.05, 3.63) is 42.0 Å². The van der Waals surface area contributed by atoms with Gasteiger partial charge in [0.15, 0.2) is 0 Å². The van der Waals surface area contributed by atoms with E-state index in [0.29, 0.717) is 0 Å². The molecule has 84 valence electrons. The van der Waals surface area contributed by atoms with Crippen molar-refractivity contribution >= 4 is 5.69 Å². The topological polar surface area (TPSA) is 42.7 Å². The highest BCUT2D eigenvalue weighted by atomic mass is 15.3. The molecule has 0 radical (unpaired) electrons. The Kier molecular flexibility index (Phi) is 3.19. The van der Waals surface area contributed by atoms with Crippen molar-refractivity contribution in [1.29, 1.82) is 0 Å². The average Bonchev–Trinajstić information content (AvgIpc) is 2.67. The van der Waals surface area contributed by atoms with E-state index in [1.54, 1.807) is 6.20 Å². The van der Waals surface area contributed by atoms with E-state index in [4.69, 9.17) is 0 Å². The molecule has 0 aromatic carbocycles. The van der Waals surface area contributed by atoms with Crippen LogP contribution >= 0.6 is 0 Å². The summed E-state index contributed by atoms with van der Waals surface area (Å²) >= 11 is 0. The van der Waals surface area contributed by atoms with Crippen LogP contribution in [0, 0.1) is 13.8 Å². The van der Waals surface area contributed by atoms with Gasteiger partial charge in [-0.1, -0.05) is 0 Å². The van der Waals surface area contributed by atoms with Crippen molar-refractivity contribution in [3.63, 3.8) is 0 Å². The molecule has 1 N–H and O–H groups in total. The highest BCUT2D eigenvalue weighted by molar-refractivity contribution is 5.48. The van der Waals surface area contributed by atoms with Gasteiger partial charge in [-0.05, 0) is 31.0 Å². The summed E-state index contributed by atoms with van der Waals surface area (Å²) in [6.45, 7) is 5.83. The molecule has 0 saturated carbocycles. The van der Waals surface area contributed by atoms with Crippen LogP contribution in [0.5, 0.6) is 0 Å². The summed E-state index contributed by atoms with van der Waals surface area (Å²) in [7, 11) is 0. The van der Waals surface area contributed by atoms with E-state index >= 15 is 0 Å². The summed E-state index contributed by atoms with van der Waals surface area (Å²) in [6, 6.07) is 1.99. The molecule has 2 aromatic rings. The number of aryl methyl sites for hydroxylation is 2. The zero-order valence-corrected chi connectivity index (χ0v) is 9.64. The molecular weight excluding hydrogens is 200 g/mol. The van der Waals surface area contributed by atoms with Crippen molar-refractivity contribution in [3.8, 4) is 0 Å². The van der Waals surface area contributed by atoms with Crippen LogP contribution < -0.4 is 5.32 Å². The zero-order valence-electron chi connectivity index (χ0n) is 9.64. The van der Waals surface area contributed by atoms with E-state index < -0.39 is 0 Å². The van der Waals surface area contributed by atoms with Crippen molar-refractivity contribution in [1.82, 2.24) is 14.8 Å². The van der Waals surface area contributed by atoms with Crippen LogP contribution in [0.15, 0.2) is 30.9 Å². The lowest BCUT2D eigenvalue weighted by molar-refractivity contribution is 0.637. The van der Waals surface area contributed by atoms with Gasteiger partial charge >= 0.3 is 0 Å². The van der Waals surface area contributed by atoms with Gasteiger partial charge in [-0.3, -0.25) is 9.67 Å². The van der Waals surface area contributed by atoms with Crippen molar-refractivity contribution in [2.24, 2.45) is 0 Å². The summed E-state index contributed by atoms with van der Waals surface area (Å²) in [5.41, 5.74) is 3.50. The van der Waals surface area contributed by atoms with Gasteiger partial charge in [0, 0.05) is 30.8 Å². The van der Waals surface area contributed by atoms with Crippen LogP contribution in [0.25, 0.3) is 0 Å². The first-order chi connectivity index (χ1) is 7.75. The molecule has 0 spiro atoms. The number of rotatable bonds is 4. The van der Waals surface area contributed by atoms with Crippen LogP contribution in [0.4, 0.5) is 5.69 Å². The third kappa shape index (κ3) is 2.59. The van der Waals surface area contributed by atoms with Gasteiger partial charge in [-0.25, -0.2) is 0 Å². The minimum atomic E-state index is 0.867. The zero-order chi connectivity index (χ0) is 11.4. The first-order valence-corrected chi connectivity index (χ1v) is 5.39. The average molecular weight is 216 g/mol. The Bertz CT molecular complexity index is 462. The second-order valence-electron chi connectivity index (χ2n) is 3.90. The number of anilines is 1. The Labute approximate surface area is 95.3 Å². The third-order valence-corrected chi connectivity index (χ3v) is 2.44. The maximum atomic E-state index is 4.23. The number of nitrogens with zero attached hydrogens (tertiary/aromatic N) is 3. The van der Waals surface area contributed by atoms with E-state index in [0.717, 1.165) is 18.8 Å². The Hall–Kier alpha value is -1.84. The molecular formula is C12H16N4. The lowest BCUT2D eigenvalue weighted by atomic mass is 10.2. The molecule has 0 atom stereocenters. The summed E-state index contributed by atoms with van der Waals surface area (Å²) in [4.78, 5) is 4.06. The molecule has 0 amide bonds. The molecule has 0 fully saturated rings. The first-order valence-electron chi connectivity index (χ1n) is 5.39. The predicted octanol–water partition coefficient (Wildman–Crippen LogP) is 2.01. The fraction of sp³-hybridized carbons (Fsp3) is 0.333. The maximum absolute atomic E-state index is 4.23. The minimum Gasteiger partial charge on any atom is -0.383 e. The summed E-state index contributed by atoms with van der Waals surface area (Å²) in [6.07, 6.45) is 7.58. The van der Waals surface area contributed by atoms with Crippen LogP contribution in [0.3, 0.4) is 0 Å². The van der Waals surface area contributed by atoms with E-state index in [1.165, 1.54) is 11.1 Å². The summed E-state index contributed by atoms with van der Waals surface area (Å²) < 4.78 is 1.94. The van der Waals surface area contributed by atoms with Gasteiger partial charge < -0.3 is 5.32 Å². The molecule has 0 saturated heterocycles. The van der Waals surface area contributed by atoms with E-state index in [2.05, 4.69) is 15.4 Å². The van der Waals surface area contributed by atoms with E-state index in [1.807, 2.05) is 43.2 Å². The Morgan fingerprint density at radius 1 is 1.31 bits per heavy atom. The van der Waals surface area contributed by atoms with Gasteiger partial charge in [0.2, 0.25) is 0 Å². The molecule has 0 aliphatic carbocycles. The number of nitrogens with one attached hydrogen (secondary N) is 1. The van der Waals surface area contributed by atoms with Crippen LogP contribution in [0.1, 0.15) is 11.1 Å². The molecule has 0 bridgehead atoms.